The highest BCUT2D eigenvalue weighted by Gasteiger charge is 2.09. The van der Waals surface area contributed by atoms with E-state index in [1.807, 2.05) is 43.3 Å². The van der Waals surface area contributed by atoms with Gasteiger partial charge in [0.25, 0.3) is 0 Å². The molecule has 9 heteroatoms. The third kappa shape index (κ3) is 8.31. The van der Waals surface area contributed by atoms with E-state index in [0.717, 1.165) is 16.9 Å². The molecule has 0 aromatic heterocycles. The second-order valence-corrected chi connectivity index (χ2v) is 8.83. The van der Waals surface area contributed by atoms with E-state index in [1.165, 1.54) is 7.05 Å². The lowest BCUT2D eigenvalue weighted by Gasteiger charge is -2.18. The van der Waals surface area contributed by atoms with Crippen molar-refractivity contribution < 1.29 is 13.2 Å². The molecule has 0 bridgehead atoms. The summed E-state index contributed by atoms with van der Waals surface area (Å²) in [5, 5.41) is 7.12. The number of rotatable bonds is 9. The quantitative estimate of drug-likeness (QED) is 0.413. The van der Waals surface area contributed by atoms with Crippen LogP contribution in [0.25, 0.3) is 0 Å². The van der Waals surface area contributed by atoms with Crippen LogP contribution in [-0.4, -0.2) is 41.1 Å². The summed E-state index contributed by atoms with van der Waals surface area (Å²) in [6.45, 7) is 3.10. The molecular weight excluding hydrogens is 412 g/mol. The first-order valence-corrected chi connectivity index (χ1v) is 11.2. The van der Waals surface area contributed by atoms with Crippen LogP contribution < -0.4 is 20.1 Å². The minimum atomic E-state index is -3.27. The highest BCUT2D eigenvalue weighted by atomic mass is 35.5. The normalized spacial score (nSPS) is 13.0. The number of ether oxygens (including phenoxy) is 1. The number of hydrogen-bond acceptors (Lipinski definition) is 4. The zero-order chi connectivity index (χ0) is 21.3. The highest BCUT2D eigenvalue weighted by Crippen LogP contribution is 2.16. The molecule has 0 saturated carbocycles. The van der Waals surface area contributed by atoms with Crippen LogP contribution in [0, 0.1) is 0 Å². The van der Waals surface area contributed by atoms with Crippen molar-refractivity contribution in [2.45, 2.75) is 25.3 Å². The number of benzene rings is 2. The Morgan fingerprint density at radius 3 is 2.28 bits per heavy atom. The molecule has 0 aliphatic rings. The molecule has 2 aromatic carbocycles. The zero-order valence-electron chi connectivity index (χ0n) is 16.8. The van der Waals surface area contributed by atoms with E-state index in [4.69, 9.17) is 16.3 Å². The smallest absolute Gasteiger partial charge is 0.215 e. The Hall–Kier alpha value is -2.29. The fourth-order valence-corrected chi connectivity index (χ4v) is 3.38. The fraction of sp³-hybridized carbons (Fsp3) is 0.350. The summed E-state index contributed by atoms with van der Waals surface area (Å²) in [6, 6.07) is 14.6. The van der Waals surface area contributed by atoms with Gasteiger partial charge in [0.15, 0.2) is 5.96 Å². The lowest BCUT2D eigenvalue weighted by molar-refractivity contribution is 0.224. The molecule has 29 heavy (non-hydrogen) atoms. The average Bonchev–Trinajstić information content (AvgIpc) is 2.71. The topological polar surface area (TPSA) is 91.8 Å². The van der Waals surface area contributed by atoms with Gasteiger partial charge in [-0.3, -0.25) is 4.99 Å². The number of nitrogens with zero attached hydrogens (tertiary/aromatic N) is 1. The Balaban J connectivity index is 1.79. The molecule has 0 aliphatic carbocycles. The molecule has 1 unspecified atom stereocenters. The van der Waals surface area contributed by atoms with Gasteiger partial charge >= 0.3 is 0 Å². The maximum absolute atomic E-state index is 11.6. The minimum Gasteiger partial charge on any atom is -0.489 e. The Bertz CT molecular complexity index is 900. The van der Waals surface area contributed by atoms with Crippen molar-refractivity contribution in [3.05, 3.63) is 64.7 Å². The first-order chi connectivity index (χ1) is 13.8. The maximum Gasteiger partial charge on any atom is 0.215 e. The number of guanidine groups is 1. The van der Waals surface area contributed by atoms with Gasteiger partial charge in [0, 0.05) is 18.6 Å². The van der Waals surface area contributed by atoms with E-state index < -0.39 is 10.0 Å². The molecule has 0 amide bonds. The number of sulfonamides is 1. The summed E-state index contributed by atoms with van der Waals surface area (Å²) in [6.07, 6.45) is -0.0665. The summed E-state index contributed by atoms with van der Waals surface area (Å²) in [5.41, 5.74) is 1.75. The van der Waals surface area contributed by atoms with Crippen LogP contribution in [0.4, 0.5) is 0 Å². The van der Waals surface area contributed by atoms with Gasteiger partial charge in [-0.15, -0.1) is 0 Å². The number of halogens is 1. The standard InChI is InChI=1S/C20H27ClN4O3S/c1-15(28-19-10-8-18(21)9-11-19)12-24-20(22-2)25-13-16-4-6-17(7-5-16)14-29(26,27)23-3/h4-11,15,23H,12-14H2,1-3H3,(H2,22,24,25). The molecule has 2 aromatic rings. The summed E-state index contributed by atoms with van der Waals surface area (Å²) >= 11 is 5.88. The maximum atomic E-state index is 11.6. The number of aliphatic imine (C=N–C) groups is 1. The number of hydrogen-bond donors (Lipinski definition) is 3. The molecule has 0 aliphatic heterocycles. The molecule has 0 heterocycles. The van der Waals surface area contributed by atoms with Crippen LogP contribution in [0.1, 0.15) is 18.1 Å². The van der Waals surface area contributed by atoms with Crippen LogP contribution in [0.15, 0.2) is 53.5 Å². The van der Waals surface area contributed by atoms with Crippen LogP contribution in [0.3, 0.4) is 0 Å². The third-order valence-electron chi connectivity index (χ3n) is 4.08. The predicted octanol–water partition coefficient (Wildman–Crippen LogP) is 2.52. The minimum absolute atomic E-state index is 0.0358. The monoisotopic (exact) mass is 438 g/mol. The first kappa shape index (κ1) is 23.0. The molecule has 0 saturated heterocycles. The molecule has 0 fully saturated rings. The Morgan fingerprint density at radius 1 is 1.07 bits per heavy atom. The fourth-order valence-electron chi connectivity index (χ4n) is 2.48. The van der Waals surface area contributed by atoms with Gasteiger partial charge in [-0.05, 0) is 49.4 Å². The van der Waals surface area contributed by atoms with Crippen LogP contribution in [0.5, 0.6) is 5.75 Å². The van der Waals surface area contributed by atoms with Gasteiger partial charge in [-0.25, -0.2) is 13.1 Å². The number of nitrogens with one attached hydrogen (secondary N) is 3. The molecule has 1 atom stereocenters. The van der Waals surface area contributed by atoms with Crippen molar-refractivity contribution in [2.24, 2.45) is 4.99 Å². The van der Waals surface area contributed by atoms with Crippen molar-refractivity contribution in [1.29, 1.82) is 0 Å². The van der Waals surface area contributed by atoms with Crippen molar-refractivity contribution in [2.75, 3.05) is 20.6 Å². The second-order valence-electron chi connectivity index (χ2n) is 6.47. The van der Waals surface area contributed by atoms with Crippen molar-refractivity contribution >= 4 is 27.6 Å². The van der Waals surface area contributed by atoms with Gasteiger partial charge in [-0.1, -0.05) is 35.9 Å². The van der Waals surface area contributed by atoms with E-state index in [0.29, 0.717) is 24.1 Å². The van der Waals surface area contributed by atoms with Crippen LogP contribution in [-0.2, 0) is 22.3 Å². The third-order valence-corrected chi connectivity index (χ3v) is 5.67. The summed E-state index contributed by atoms with van der Waals surface area (Å²) in [7, 11) is -0.158. The van der Waals surface area contributed by atoms with Crippen molar-refractivity contribution in [1.82, 2.24) is 15.4 Å². The molecule has 0 radical (unpaired) electrons. The van der Waals surface area contributed by atoms with Gasteiger partial charge in [0.1, 0.15) is 11.9 Å². The van der Waals surface area contributed by atoms with Gasteiger partial charge in [0.05, 0.1) is 12.3 Å². The second kappa shape index (κ2) is 11.0. The van der Waals surface area contributed by atoms with Crippen LogP contribution >= 0.6 is 11.6 Å². The zero-order valence-corrected chi connectivity index (χ0v) is 18.3. The van der Waals surface area contributed by atoms with E-state index in [2.05, 4.69) is 20.3 Å². The van der Waals surface area contributed by atoms with E-state index in [-0.39, 0.29) is 11.9 Å². The Labute approximate surface area is 177 Å². The van der Waals surface area contributed by atoms with Gasteiger partial charge in [0.2, 0.25) is 10.0 Å². The molecule has 7 nitrogen and oxygen atoms in total. The first-order valence-electron chi connectivity index (χ1n) is 9.17. The predicted molar refractivity (Wildman–Crippen MR) is 118 cm³/mol. The van der Waals surface area contributed by atoms with Gasteiger partial charge < -0.3 is 15.4 Å². The largest absolute Gasteiger partial charge is 0.489 e. The molecular formula is C20H27ClN4O3S. The summed E-state index contributed by atoms with van der Waals surface area (Å²) in [4.78, 5) is 4.20. The molecule has 2 rings (SSSR count). The van der Waals surface area contributed by atoms with Crippen molar-refractivity contribution in [3.63, 3.8) is 0 Å². The highest BCUT2D eigenvalue weighted by molar-refractivity contribution is 7.88. The van der Waals surface area contributed by atoms with Gasteiger partial charge in [-0.2, -0.15) is 0 Å². The SMILES string of the molecule is CN=C(NCc1ccc(CS(=O)(=O)NC)cc1)NCC(C)Oc1ccc(Cl)cc1. The lowest BCUT2D eigenvalue weighted by atomic mass is 10.1. The summed E-state index contributed by atoms with van der Waals surface area (Å²) < 4.78 is 31.3. The average molecular weight is 439 g/mol. The molecule has 3 N–H and O–H groups in total. The lowest BCUT2D eigenvalue weighted by Crippen LogP contribution is -2.41. The van der Waals surface area contributed by atoms with E-state index in [9.17, 15) is 8.42 Å². The Kier molecular flexibility index (Phi) is 8.75. The van der Waals surface area contributed by atoms with Crippen LogP contribution in [0.2, 0.25) is 5.02 Å². The van der Waals surface area contributed by atoms with E-state index >= 15 is 0 Å². The van der Waals surface area contributed by atoms with E-state index in [1.54, 1.807) is 19.2 Å². The molecule has 158 valence electrons. The summed E-state index contributed by atoms with van der Waals surface area (Å²) in [5.74, 6) is 1.37. The van der Waals surface area contributed by atoms with Crippen molar-refractivity contribution in [3.8, 4) is 5.75 Å². The Morgan fingerprint density at radius 2 is 1.69 bits per heavy atom. The molecule has 0 spiro atoms.